The molecule has 0 aliphatic carbocycles. The highest BCUT2D eigenvalue weighted by molar-refractivity contribution is 7.12. The van der Waals surface area contributed by atoms with Crippen LogP contribution in [0.25, 0.3) is 0 Å². The Balaban J connectivity index is 2.14. The Hall–Kier alpha value is -1.88. The lowest BCUT2D eigenvalue weighted by Gasteiger charge is -2.01. The second-order valence-electron chi connectivity index (χ2n) is 3.19. The van der Waals surface area contributed by atoms with Gasteiger partial charge < -0.3 is 9.84 Å². The maximum Gasteiger partial charge on any atom is 0.346 e. The Labute approximate surface area is 96.1 Å². The topological polar surface area (TPSA) is 59.4 Å². The van der Waals surface area contributed by atoms with Crippen molar-refractivity contribution in [2.24, 2.45) is 0 Å². The van der Waals surface area contributed by atoms with Gasteiger partial charge in [0.15, 0.2) is 0 Å². The normalized spacial score (nSPS) is 10.1. The van der Waals surface area contributed by atoms with Gasteiger partial charge in [-0.15, -0.1) is 11.3 Å². The summed E-state index contributed by atoms with van der Waals surface area (Å²) in [5.74, 6) is 0.176. The van der Waals surface area contributed by atoms with Gasteiger partial charge in [-0.25, -0.2) is 4.79 Å². The maximum absolute atomic E-state index is 10.7. The summed E-state index contributed by atoms with van der Waals surface area (Å²) in [6.45, 7) is 1.89. The van der Waals surface area contributed by atoms with Gasteiger partial charge in [0.05, 0.1) is 6.20 Å². The first kappa shape index (κ1) is 10.6. The zero-order valence-electron chi connectivity index (χ0n) is 8.51. The fourth-order valence-corrected chi connectivity index (χ4v) is 1.78. The molecule has 2 aromatic rings. The Morgan fingerprint density at radius 3 is 2.81 bits per heavy atom. The van der Waals surface area contributed by atoms with Crippen LogP contribution in [0, 0.1) is 6.92 Å². The fraction of sp³-hybridized carbons (Fsp3) is 0.0909. The van der Waals surface area contributed by atoms with Crippen LogP contribution >= 0.6 is 11.3 Å². The number of carboxylic acids is 1. The van der Waals surface area contributed by atoms with Crippen LogP contribution in [0.3, 0.4) is 0 Å². The van der Waals surface area contributed by atoms with Crippen LogP contribution in [0.15, 0.2) is 29.8 Å². The van der Waals surface area contributed by atoms with Gasteiger partial charge >= 0.3 is 5.97 Å². The third-order valence-electron chi connectivity index (χ3n) is 1.91. The summed E-state index contributed by atoms with van der Waals surface area (Å²) >= 11 is 1.14. The van der Waals surface area contributed by atoms with E-state index in [-0.39, 0.29) is 4.88 Å². The number of carbonyl (C=O) groups is 1. The predicted molar refractivity (Wildman–Crippen MR) is 60.3 cm³/mol. The molecule has 5 heteroatoms. The summed E-state index contributed by atoms with van der Waals surface area (Å²) < 4.78 is 5.45. The van der Waals surface area contributed by atoms with E-state index in [1.165, 1.54) is 6.07 Å². The molecule has 0 aliphatic rings. The standard InChI is InChI=1S/C11H9NO3S/c1-7-2-3-8(5-12-7)15-9-4-10(11(13)14)16-6-9/h2-6H,1H3,(H,13,14). The molecule has 0 saturated heterocycles. The summed E-state index contributed by atoms with van der Waals surface area (Å²) in [5, 5.41) is 10.4. The van der Waals surface area contributed by atoms with Gasteiger partial charge in [-0.1, -0.05) is 0 Å². The predicted octanol–water partition coefficient (Wildman–Crippen LogP) is 2.94. The van der Waals surface area contributed by atoms with E-state index in [2.05, 4.69) is 4.98 Å². The van der Waals surface area contributed by atoms with Crippen molar-refractivity contribution < 1.29 is 14.6 Å². The van der Waals surface area contributed by atoms with E-state index in [9.17, 15) is 4.79 Å². The number of ether oxygens (including phenoxy) is 1. The van der Waals surface area contributed by atoms with Crippen molar-refractivity contribution in [3.8, 4) is 11.5 Å². The molecular weight excluding hydrogens is 226 g/mol. The van der Waals surface area contributed by atoms with Crippen molar-refractivity contribution in [1.82, 2.24) is 4.98 Å². The lowest BCUT2D eigenvalue weighted by molar-refractivity contribution is 0.0702. The van der Waals surface area contributed by atoms with Crippen molar-refractivity contribution in [1.29, 1.82) is 0 Å². The van der Waals surface area contributed by atoms with Crippen LogP contribution in [0.1, 0.15) is 15.4 Å². The number of hydrogen-bond acceptors (Lipinski definition) is 4. The first-order valence-corrected chi connectivity index (χ1v) is 5.45. The van der Waals surface area contributed by atoms with Gasteiger partial charge in [-0.3, -0.25) is 4.98 Å². The summed E-state index contributed by atoms with van der Waals surface area (Å²) in [6.07, 6.45) is 1.60. The Morgan fingerprint density at radius 1 is 1.44 bits per heavy atom. The fourth-order valence-electron chi connectivity index (χ4n) is 1.14. The first-order chi connectivity index (χ1) is 7.65. The van der Waals surface area contributed by atoms with Gasteiger partial charge in [0.25, 0.3) is 0 Å². The molecule has 2 aromatic heterocycles. The van der Waals surface area contributed by atoms with Crippen molar-refractivity contribution in [2.75, 3.05) is 0 Å². The zero-order valence-corrected chi connectivity index (χ0v) is 9.32. The van der Waals surface area contributed by atoms with Gasteiger partial charge in [0.2, 0.25) is 0 Å². The number of thiophene rings is 1. The summed E-state index contributed by atoms with van der Waals surface area (Å²) in [4.78, 5) is 15.0. The van der Waals surface area contributed by atoms with E-state index in [0.29, 0.717) is 11.5 Å². The van der Waals surface area contributed by atoms with Crippen LogP contribution in [-0.4, -0.2) is 16.1 Å². The lowest BCUT2D eigenvalue weighted by atomic mass is 10.4. The van der Waals surface area contributed by atoms with Gasteiger partial charge in [-0.2, -0.15) is 0 Å². The molecule has 0 aromatic carbocycles. The molecule has 0 atom stereocenters. The molecule has 0 aliphatic heterocycles. The monoisotopic (exact) mass is 235 g/mol. The van der Waals surface area contributed by atoms with Crippen LogP contribution in [0.5, 0.6) is 11.5 Å². The molecule has 1 N–H and O–H groups in total. The number of aryl methyl sites for hydroxylation is 1. The van der Waals surface area contributed by atoms with E-state index in [1.807, 2.05) is 13.0 Å². The van der Waals surface area contributed by atoms with Crippen LogP contribution in [-0.2, 0) is 0 Å². The van der Waals surface area contributed by atoms with Crippen LogP contribution < -0.4 is 4.74 Å². The van der Waals surface area contributed by atoms with Crippen molar-refractivity contribution in [3.05, 3.63) is 40.3 Å². The van der Waals surface area contributed by atoms with Gasteiger partial charge in [0.1, 0.15) is 16.4 Å². The third kappa shape index (κ3) is 2.38. The van der Waals surface area contributed by atoms with E-state index < -0.39 is 5.97 Å². The molecule has 2 rings (SSSR count). The molecular formula is C11H9NO3S. The highest BCUT2D eigenvalue weighted by Crippen LogP contribution is 2.26. The second-order valence-corrected chi connectivity index (χ2v) is 4.10. The molecule has 82 valence electrons. The van der Waals surface area contributed by atoms with E-state index in [4.69, 9.17) is 9.84 Å². The van der Waals surface area contributed by atoms with Crippen molar-refractivity contribution in [3.63, 3.8) is 0 Å². The minimum absolute atomic E-state index is 0.259. The molecule has 0 fully saturated rings. The van der Waals surface area contributed by atoms with Crippen molar-refractivity contribution >= 4 is 17.3 Å². The van der Waals surface area contributed by atoms with Crippen LogP contribution in [0.4, 0.5) is 0 Å². The quantitative estimate of drug-likeness (QED) is 0.888. The average molecular weight is 235 g/mol. The SMILES string of the molecule is Cc1ccc(Oc2csc(C(=O)O)c2)cn1. The molecule has 0 unspecified atom stereocenters. The van der Waals surface area contributed by atoms with Crippen LogP contribution in [0.2, 0.25) is 0 Å². The molecule has 2 heterocycles. The number of carboxylic acid groups (broad SMARTS) is 1. The maximum atomic E-state index is 10.7. The van der Waals surface area contributed by atoms with Gasteiger partial charge in [0, 0.05) is 17.1 Å². The molecule has 4 nitrogen and oxygen atoms in total. The summed E-state index contributed by atoms with van der Waals surface area (Å²) in [6, 6.07) is 5.12. The number of nitrogens with zero attached hydrogens (tertiary/aromatic N) is 1. The Morgan fingerprint density at radius 2 is 2.25 bits per heavy atom. The molecule has 0 bridgehead atoms. The molecule has 0 amide bonds. The van der Waals surface area contributed by atoms with E-state index in [0.717, 1.165) is 17.0 Å². The number of aromatic nitrogens is 1. The number of hydrogen-bond donors (Lipinski definition) is 1. The van der Waals surface area contributed by atoms with Gasteiger partial charge in [-0.05, 0) is 19.1 Å². The summed E-state index contributed by atoms with van der Waals surface area (Å²) in [5.41, 5.74) is 0.906. The number of rotatable bonds is 3. The second kappa shape index (κ2) is 4.32. The number of aromatic carboxylic acids is 1. The molecule has 0 saturated carbocycles. The van der Waals surface area contributed by atoms with Crippen molar-refractivity contribution in [2.45, 2.75) is 6.92 Å². The Bertz CT molecular complexity index is 504. The largest absolute Gasteiger partial charge is 0.477 e. The lowest BCUT2D eigenvalue weighted by Crippen LogP contribution is -1.90. The van der Waals surface area contributed by atoms with E-state index in [1.54, 1.807) is 17.6 Å². The third-order valence-corrected chi connectivity index (χ3v) is 2.80. The first-order valence-electron chi connectivity index (χ1n) is 4.57. The average Bonchev–Trinajstić information content (AvgIpc) is 2.70. The molecule has 0 radical (unpaired) electrons. The number of pyridine rings is 1. The zero-order chi connectivity index (χ0) is 11.5. The molecule has 16 heavy (non-hydrogen) atoms. The highest BCUT2D eigenvalue weighted by atomic mass is 32.1. The summed E-state index contributed by atoms with van der Waals surface area (Å²) in [7, 11) is 0. The minimum atomic E-state index is -0.943. The highest BCUT2D eigenvalue weighted by Gasteiger charge is 2.08. The smallest absolute Gasteiger partial charge is 0.346 e. The van der Waals surface area contributed by atoms with E-state index >= 15 is 0 Å². The molecule has 0 spiro atoms. The minimum Gasteiger partial charge on any atom is -0.477 e. The Kier molecular flexibility index (Phi) is 2.87.